The molecule has 13 heteroatoms. The second-order valence-electron chi connectivity index (χ2n) is 9.40. The van der Waals surface area contributed by atoms with Gasteiger partial charge < -0.3 is 15.4 Å². The largest absolute Gasteiger partial charge is 0.462 e. The van der Waals surface area contributed by atoms with Crippen LogP contribution in [-0.2, 0) is 28.9 Å². The van der Waals surface area contributed by atoms with E-state index in [0.717, 1.165) is 41.5 Å². The lowest BCUT2D eigenvalue weighted by Crippen LogP contribution is -2.26. The monoisotopic (exact) mass is 611 g/mol. The number of hydrogen-bond acceptors (Lipinski definition) is 8. The van der Waals surface area contributed by atoms with Crippen molar-refractivity contribution >= 4 is 45.9 Å². The minimum atomic E-state index is -0.679. The lowest BCUT2D eigenvalue weighted by atomic mass is 10.1. The van der Waals surface area contributed by atoms with E-state index >= 15 is 0 Å². The first-order chi connectivity index (χ1) is 20.3. The number of aryl methyl sites for hydroxylation is 1. The zero-order valence-corrected chi connectivity index (χ0v) is 24.4. The summed E-state index contributed by atoms with van der Waals surface area (Å²) in [6, 6.07) is 11.2. The lowest BCUT2D eigenvalue weighted by Gasteiger charge is -2.14. The number of esters is 1. The number of nitrogens with zero attached hydrogens (tertiary/aromatic N) is 3. The van der Waals surface area contributed by atoms with Crippen LogP contribution in [0.15, 0.2) is 53.7 Å². The molecule has 0 aliphatic heterocycles. The van der Waals surface area contributed by atoms with Crippen LogP contribution in [0.3, 0.4) is 0 Å². The minimum absolute atomic E-state index is 0.109. The summed E-state index contributed by atoms with van der Waals surface area (Å²) in [6.07, 6.45) is 2.57. The lowest BCUT2D eigenvalue weighted by molar-refractivity contribution is -0.115. The van der Waals surface area contributed by atoms with Crippen molar-refractivity contribution < 1.29 is 27.9 Å². The van der Waals surface area contributed by atoms with Gasteiger partial charge in [0.2, 0.25) is 5.91 Å². The normalized spacial score (nSPS) is 13.0. The molecule has 0 spiro atoms. The van der Waals surface area contributed by atoms with Crippen LogP contribution in [0.1, 0.15) is 57.2 Å². The zero-order valence-electron chi connectivity index (χ0n) is 22.8. The number of aromatic nitrogens is 3. The third kappa shape index (κ3) is 6.21. The standard InChI is InChI=1S/C29H27F2N5O4S2/c1-3-40-28(39)24-20-8-6-10-22(20)42-27(24)33-25(37)16(2)41-29-35-34-23(36(29)18-13-11-17(30)12-14-18)15-32-26(38)19-7-4-5-9-21(19)31/h4-5,7,9,11-14,16H,3,6,8,10,15H2,1-2H3,(H,32,38)(H,33,37)/t16-/m0/s1. The van der Waals surface area contributed by atoms with Gasteiger partial charge in [-0.15, -0.1) is 21.5 Å². The second kappa shape index (κ2) is 12.8. The van der Waals surface area contributed by atoms with Crippen LogP contribution in [0.4, 0.5) is 13.8 Å². The van der Waals surface area contributed by atoms with E-state index < -0.39 is 28.8 Å². The molecule has 4 aromatic rings. The van der Waals surface area contributed by atoms with E-state index in [9.17, 15) is 23.2 Å². The number of ether oxygens (including phenoxy) is 1. The first-order valence-corrected chi connectivity index (χ1v) is 15.0. The van der Waals surface area contributed by atoms with Crippen LogP contribution in [0.5, 0.6) is 0 Å². The Kier molecular flexibility index (Phi) is 8.97. The highest BCUT2D eigenvalue weighted by atomic mass is 32.2. The molecule has 9 nitrogen and oxygen atoms in total. The molecule has 1 aliphatic carbocycles. The average molecular weight is 612 g/mol. The second-order valence-corrected chi connectivity index (χ2v) is 11.8. The molecule has 0 radical (unpaired) electrons. The molecule has 5 rings (SSSR count). The Labute approximate surface area is 248 Å². The van der Waals surface area contributed by atoms with Gasteiger partial charge >= 0.3 is 5.97 Å². The SMILES string of the molecule is CCOC(=O)c1c(NC(=O)[C@H](C)Sc2nnc(CNC(=O)c3ccccc3F)n2-c2ccc(F)cc2)sc2c1CCC2. The molecule has 0 saturated heterocycles. The summed E-state index contributed by atoms with van der Waals surface area (Å²) in [5.41, 5.74) is 1.74. The highest BCUT2D eigenvalue weighted by molar-refractivity contribution is 8.00. The summed E-state index contributed by atoms with van der Waals surface area (Å²) in [6.45, 7) is 3.54. The van der Waals surface area contributed by atoms with Gasteiger partial charge in [-0.25, -0.2) is 13.6 Å². The highest BCUT2D eigenvalue weighted by Gasteiger charge is 2.30. The van der Waals surface area contributed by atoms with Crippen LogP contribution in [-0.4, -0.2) is 44.4 Å². The Morgan fingerprint density at radius 3 is 2.60 bits per heavy atom. The first-order valence-electron chi connectivity index (χ1n) is 13.3. The Hall–Kier alpha value is -4.10. The van der Waals surface area contributed by atoms with Gasteiger partial charge in [-0.05, 0) is 75.1 Å². The summed E-state index contributed by atoms with van der Waals surface area (Å²) in [7, 11) is 0. The number of rotatable bonds is 10. The molecule has 2 aromatic carbocycles. The van der Waals surface area contributed by atoms with E-state index in [0.29, 0.717) is 27.2 Å². The Morgan fingerprint density at radius 1 is 1.10 bits per heavy atom. The molecule has 2 heterocycles. The fourth-order valence-corrected chi connectivity index (χ4v) is 6.74. The van der Waals surface area contributed by atoms with E-state index in [1.165, 1.54) is 53.8 Å². The number of carbonyl (C=O) groups excluding carboxylic acids is 3. The van der Waals surface area contributed by atoms with E-state index in [-0.39, 0.29) is 24.6 Å². The van der Waals surface area contributed by atoms with Crippen molar-refractivity contribution in [3.05, 3.63) is 87.6 Å². The Bertz CT molecular complexity index is 1640. The maximum Gasteiger partial charge on any atom is 0.341 e. The van der Waals surface area contributed by atoms with Crippen LogP contribution in [0.2, 0.25) is 0 Å². The van der Waals surface area contributed by atoms with Crippen LogP contribution < -0.4 is 10.6 Å². The predicted molar refractivity (Wildman–Crippen MR) is 155 cm³/mol. The van der Waals surface area contributed by atoms with Crippen LogP contribution in [0, 0.1) is 11.6 Å². The molecular formula is C29H27F2N5O4S2. The number of carbonyl (C=O) groups is 3. The minimum Gasteiger partial charge on any atom is -0.462 e. The molecule has 1 atom stereocenters. The molecule has 0 unspecified atom stereocenters. The smallest absolute Gasteiger partial charge is 0.341 e. The Balaban J connectivity index is 1.36. The van der Waals surface area contributed by atoms with Crippen LogP contribution in [0.25, 0.3) is 5.69 Å². The molecule has 218 valence electrons. The topological polar surface area (TPSA) is 115 Å². The van der Waals surface area contributed by atoms with E-state index in [1.54, 1.807) is 24.5 Å². The molecule has 0 bridgehead atoms. The number of fused-ring (bicyclic) bond motifs is 1. The summed E-state index contributed by atoms with van der Waals surface area (Å²) >= 11 is 2.50. The number of nitrogens with one attached hydrogen (secondary N) is 2. The van der Waals surface area contributed by atoms with Gasteiger partial charge in [0.15, 0.2) is 11.0 Å². The highest BCUT2D eigenvalue weighted by Crippen LogP contribution is 2.40. The number of halogens is 2. The summed E-state index contributed by atoms with van der Waals surface area (Å²) in [4.78, 5) is 39.7. The van der Waals surface area contributed by atoms with Gasteiger partial charge in [0.25, 0.3) is 5.91 Å². The maximum absolute atomic E-state index is 14.1. The van der Waals surface area contributed by atoms with Gasteiger partial charge in [0.05, 0.1) is 29.5 Å². The number of thiophene rings is 1. The van der Waals surface area contributed by atoms with Gasteiger partial charge in [-0.1, -0.05) is 23.9 Å². The van der Waals surface area contributed by atoms with Crippen molar-refractivity contribution in [2.24, 2.45) is 0 Å². The van der Waals surface area contributed by atoms with Gasteiger partial charge in [-0.2, -0.15) is 0 Å². The van der Waals surface area contributed by atoms with Crippen molar-refractivity contribution in [2.75, 3.05) is 11.9 Å². The molecule has 2 aromatic heterocycles. The van der Waals surface area contributed by atoms with Crippen molar-refractivity contribution in [3.63, 3.8) is 0 Å². The molecule has 0 fully saturated rings. The third-order valence-corrected chi connectivity index (χ3v) is 8.85. The summed E-state index contributed by atoms with van der Waals surface area (Å²) < 4.78 is 34.6. The van der Waals surface area contributed by atoms with Crippen molar-refractivity contribution in [1.29, 1.82) is 0 Å². The van der Waals surface area contributed by atoms with E-state index in [2.05, 4.69) is 20.8 Å². The fraction of sp³-hybridized carbons (Fsp3) is 0.276. The van der Waals surface area contributed by atoms with Crippen molar-refractivity contribution in [1.82, 2.24) is 20.1 Å². The number of anilines is 1. The summed E-state index contributed by atoms with van der Waals surface area (Å²) in [5, 5.41) is 14.1. The molecule has 42 heavy (non-hydrogen) atoms. The van der Waals surface area contributed by atoms with Crippen LogP contribution >= 0.6 is 23.1 Å². The van der Waals surface area contributed by atoms with Gasteiger partial charge in [-0.3, -0.25) is 14.2 Å². The van der Waals surface area contributed by atoms with Crippen molar-refractivity contribution in [3.8, 4) is 5.69 Å². The number of hydrogen-bond donors (Lipinski definition) is 2. The molecule has 1 aliphatic rings. The molecule has 0 saturated carbocycles. The number of thioether (sulfide) groups is 1. The van der Waals surface area contributed by atoms with E-state index in [4.69, 9.17) is 4.74 Å². The average Bonchev–Trinajstić information content (AvgIpc) is 3.67. The third-order valence-electron chi connectivity index (χ3n) is 6.60. The fourth-order valence-electron chi connectivity index (χ4n) is 4.58. The van der Waals surface area contributed by atoms with E-state index in [1.807, 2.05) is 0 Å². The maximum atomic E-state index is 14.1. The molecular weight excluding hydrogens is 584 g/mol. The van der Waals surface area contributed by atoms with Crippen molar-refractivity contribution in [2.45, 2.75) is 50.1 Å². The first kappa shape index (κ1) is 29.4. The Morgan fingerprint density at radius 2 is 1.86 bits per heavy atom. The van der Waals surface area contributed by atoms with Gasteiger partial charge in [0.1, 0.15) is 16.6 Å². The zero-order chi connectivity index (χ0) is 29.8. The number of benzene rings is 2. The number of amides is 2. The van der Waals surface area contributed by atoms with Gasteiger partial charge in [0, 0.05) is 10.6 Å². The summed E-state index contributed by atoms with van der Waals surface area (Å²) in [5.74, 6) is -2.25. The predicted octanol–water partition coefficient (Wildman–Crippen LogP) is 5.32. The molecule has 2 amide bonds. The quantitative estimate of drug-likeness (QED) is 0.184. The molecule has 2 N–H and O–H groups in total.